The predicted molar refractivity (Wildman–Crippen MR) is 117 cm³/mol. The lowest BCUT2D eigenvalue weighted by atomic mass is 10.2. The van der Waals surface area contributed by atoms with Gasteiger partial charge in [-0.2, -0.15) is 0 Å². The molecule has 0 saturated carbocycles. The van der Waals surface area contributed by atoms with E-state index < -0.39 is 0 Å². The van der Waals surface area contributed by atoms with E-state index in [1.165, 1.54) is 5.56 Å². The fourth-order valence-electron chi connectivity index (χ4n) is 3.10. The normalized spacial score (nSPS) is 10.3. The van der Waals surface area contributed by atoms with Gasteiger partial charge in [0.05, 0.1) is 19.9 Å². The van der Waals surface area contributed by atoms with E-state index in [-0.39, 0.29) is 5.91 Å². The fraction of sp³-hybridized carbons (Fsp3) is 0.208. The van der Waals surface area contributed by atoms with Gasteiger partial charge in [0.25, 0.3) is 0 Å². The lowest BCUT2D eigenvalue weighted by Gasteiger charge is -2.25. The van der Waals surface area contributed by atoms with Gasteiger partial charge in [0.15, 0.2) is 0 Å². The summed E-state index contributed by atoms with van der Waals surface area (Å²) in [7, 11) is 3.17. The first-order chi connectivity index (χ1) is 14.2. The van der Waals surface area contributed by atoms with Gasteiger partial charge in [-0.25, -0.2) is 0 Å². The molecule has 3 rings (SSSR count). The summed E-state index contributed by atoms with van der Waals surface area (Å²) in [6, 6.07) is 25.7. The van der Waals surface area contributed by atoms with Crippen LogP contribution < -0.4 is 19.7 Å². The molecule has 29 heavy (non-hydrogen) atoms. The third-order valence-electron chi connectivity index (χ3n) is 4.63. The van der Waals surface area contributed by atoms with E-state index in [2.05, 4.69) is 34.5 Å². The number of anilines is 2. The van der Waals surface area contributed by atoms with E-state index in [1.54, 1.807) is 32.4 Å². The molecule has 3 aromatic carbocycles. The highest BCUT2D eigenvalue weighted by atomic mass is 16.5. The molecule has 5 nitrogen and oxygen atoms in total. The van der Waals surface area contributed by atoms with Crippen LogP contribution >= 0.6 is 0 Å². The van der Waals surface area contributed by atoms with Crippen LogP contribution in [0.15, 0.2) is 78.9 Å². The molecular weight excluding hydrogens is 364 g/mol. The van der Waals surface area contributed by atoms with E-state index in [4.69, 9.17) is 9.47 Å². The summed E-state index contributed by atoms with van der Waals surface area (Å²) in [5.74, 6) is 1.19. The number of benzene rings is 3. The predicted octanol–water partition coefficient (Wildman–Crippen LogP) is 4.74. The van der Waals surface area contributed by atoms with Gasteiger partial charge in [0, 0.05) is 31.3 Å². The summed E-state index contributed by atoms with van der Waals surface area (Å²) in [6.45, 7) is 1.33. The Balaban J connectivity index is 1.68. The number of hydrogen-bond donors (Lipinski definition) is 1. The molecule has 150 valence electrons. The molecule has 0 bridgehead atoms. The van der Waals surface area contributed by atoms with Gasteiger partial charge >= 0.3 is 0 Å². The highest BCUT2D eigenvalue weighted by Gasteiger charge is 2.13. The third kappa shape index (κ3) is 5.75. The molecule has 0 aromatic heterocycles. The van der Waals surface area contributed by atoms with Crippen LogP contribution in [0.1, 0.15) is 12.0 Å². The standard InChI is InChI=1S/C24H26N2O3/c1-28-21-13-14-23(29-2)22(17-21)25-24(27)15-16-26(20-11-7-4-8-12-20)18-19-9-5-3-6-10-19/h3-14,17H,15-16,18H2,1-2H3,(H,25,27). The van der Waals surface area contributed by atoms with Crippen molar-refractivity contribution in [2.24, 2.45) is 0 Å². The molecule has 0 spiro atoms. The average molecular weight is 390 g/mol. The number of nitrogens with one attached hydrogen (secondary N) is 1. The molecule has 3 aromatic rings. The van der Waals surface area contributed by atoms with Crippen LogP contribution in [0.2, 0.25) is 0 Å². The van der Waals surface area contributed by atoms with E-state index in [0.29, 0.717) is 30.2 Å². The van der Waals surface area contributed by atoms with Crippen molar-refractivity contribution in [3.63, 3.8) is 0 Å². The molecule has 0 saturated heterocycles. The van der Waals surface area contributed by atoms with Gasteiger partial charge in [-0.15, -0.1) is 0 Å². The lowest BCUT2D eigenvalue weighted by Crippen LogP contribution is -2.27. The summed E-state index contributed by atoms with van der Waals surface area (Å²) in [6.07, 6.45) is 0.349. The van der Waals surface area contributed by atoms with Crippen molar-refractivity contribution in [2.45, 2.75) is 13.0 Å². The molecule has 0 unspecified atom stereocenters. The quantitative estimate of drug-likeness (QED) is 0.573. The van der Waals surface area contributed by atoms with Crippen LogP contribution in [-0.2, 0) is 11.3 Å². The Morgan fingerprint density at radius 2 is 1.59 bits per heavy atom. The summed E-state index contributed by atoms with van der Waals surface area (Å²) < 4.78 is 10.6. The molecule has 0 fully saturated rings. The fourth-order valence-corrected chi connectivity index (χ4v) is 3.10. The summed E-state index contributed by atoms with van der Waals surface area (Å²) >= 11 is 0. The van der Waals surface area contributed by atoms with Crippen LogP contribution in [0.25, 0.3) is 0 Å². The van der Waals surface area contributed by atoms with Crippen molar-refractivity contribution >= 4 is 17.3 Å². The van der Waals surface area contributed by atoms with E-state index >= 15 is 0 Å². The number of nitrogens with zero attached hydrogens (tertiary/aromatic N) is 1. The second-order valence-electron chi connectivity index (χ2n) is 6.61. The molecule has 1 amide bonds. The number of methoxy groups -OCH3 is 2. The Bertz CT molecular complexity index is 914. The molecule has 0 aliphatic heterocycles. The van der Waals surface area contributed by atoms with Crippen LogP contribution in [0.5, 0.6) is 11.5 Å². The minimum atomic E-state index is -0.0782. The number of hydrogen-bond acceptors (Lipinski definition) is 4. The van der Waals surface area contributed by atoms with Crippen molar-refractivity contribution in [2.75, 3.05) is 31.0 Å². The zero-order valence-corrected chi connectivity index (χ0v) is 16.8. The maximum absolute atomic E-state index is 12.6. The second kappa shape index (κ2) is 10.2. The van der Waals surface area contributed by atoms with Gasteiger partial charge in [-0.1, -0.05) is 48.5 Å². The van der Waals surface area contributed by atoms with Gasteiger partial charge < -0.3 is 19.7 Å². The Kier molecular flexibility index (Phi) is 7.11. The highest BCUT2D eigenvalue weighted by Crippen LogP contribution is 2.29. The van der Waals surface area contributed by atoms with Crippen molar-refractivity contribution < 1.29 is 14.3 Å². The number of ether oxygens (including phenoxy) is 2. The molecule has 0 atom stereocenters. The zero-order valence-electron chi connectivity index (χ0n) is 16.8. The van der Waals surface area contributed by atoms with Gasteiger partial charge in [-0.3, -0.25) is 4.79 Å². The minimum Gasteiger partial charge on any atom is -0.497 e. The van der Waals surface area contributed by atoms with Crippen molar-refractivity contribution in [1.29, 1.82) is 0 Å². The van der Waals surface area contributed by atoms with E-state index in [1.807, 2.05) is 36.4 Å². The highest BCUT2D eigenvalue weighted by molar-refractivity contribution is 5.92. The van der Waals surface area contributed by atoms with Crippen LogP contribution in [0.3, 0.4) is 0 Å². The summed E-state index contributed by atoms with van der Waals surface area (Å²) in [4.78, 5) is 14.8. The Morgan fingerprint density at radius 3 is 2.24 bits per heavy atom. The number of para-hydroxylation sites is 1. The molecule has 5 heteroatoms. The van der Waals surface area contributed by atoms with Gasteiger partial charge in [0.1, 0.15) is 11.5 Å². The van der Waals surface area contributed by atoms with Crippen LogP contribution in [0, 0.1) is 0 Å². The van der Waals surface area contributed by atoms with Crippen molar-refractivity contribution in [3.8, 4) is 11.5 Å². The first kappa shape index (κ1) is 20.3. The maximum atomic E-state index is 12.6. The number of amides is 1. The summed E-state index contributed by atoms with van der Waals surface area (Å²) in [5, 5.41) is 2.94. The average Bonchev–Trinajstić information content (AvgIpc) is 2.77. The molecule has 0 aliphatic carbocycles. The second-order valence-corrected chi connectivity index (χ2v) is 6.61. The lowest BCUT2D eigenvalue weighted by molar-refractivity contribution is -0.116. The Labute approximate surface area is 171 Å². The monoisotopic (exact) mass is 390 g/mol. The molecule has 0 heterocycles. The van der Waals surface area contributed by atoms with Crippen LogP contribution in [0.4, 0.5) is 11.4 Å². The molecule has 0 aliphatic rings. The van der Waals surface area contributed by atoms with Crippen molar-refractivity contribution in [3.05, 3.63) is 84.4 Å². The third-order valence-corrected chi connectivity index (χ3v) is 4.63. The SMILES string of the molecule is COc1ccc(OC)c(NC(=O)CCN(Cc2ccccc2)c2ccccc2)c1. The first-order valence-corrected chi connectivity index (χ1v) is 9.55. The Morgan fingerprint density at radius 1 is 0.897 bits per heavy atom. The topological polar surface area (TPSA) is 50.8 Å². The maximum Gasteiger partial charge on any atom is 0.226 e. The number of carbonyl (C=O) groups is 1. The van der Waals surface area contributed by atoms with Gasteiger partial charge in [-0.05, 0) is 29.8 Å². The smallest absolute Gasteiger partial charge is 0.226 e. The van der Waals surface area contributed by atoms with Crippen LogP contribution in [-0.4, -0.2) is 26.7 Å². The van der Waals surface area contributed by atoms with E-state index in [9.17, 15) is 4.79 Å². The molecular formula is C24H26N2O3. The minimum absolute atomic E-state index is 0.0782. The van der Waals surface area contributed by atoms with Gasteiger partial charge in [0.2, 0.25) is 5.91 Å². The van der Waals surface area contributed by atoms with Crippen molar-refractivity contribution in [1.82, 2.24) is 0 Å². The number of rotatable bonds is 9. The zero-order chi connectivity index (χ0) is 20.5. The first-order valence-electron chi connectivity index (χ1n) is 9.55. The largest absolute Gasteiger partial charge is 0.497 e. The van der Waals surface area contributed by atoms with E-state index in [0.717, 1.165) is 12.2 Å². The molecule has 0 radical (unpaired) electrons. The number of carbonyl (C=O) groups excluding carboxylic acids is 1. The molecule has 1 N–H and O–H groups in total. The Hall–Kier alpha value is -3.47. The summed E-state index contributed by atoms with van der Waals surface area (Å²) in [5.41, 5.74) is 2.89.